The molecule has 0 aliphatic carbocycles. The van der Waals surface area contributed by atoms with Gasteiger partial charge in [0, 0.05) is 11.4 Å². The number of anilines is 1. The van der Waals surface area contributed by atoms with Gasteiger partial charge in [-0.25, -0.2) is 4.79 Å². The minimum Gasteiger partial charge on any atom is -0.450 e. The van der Waals surface area contributed by atoms with Gasteiger partial charge in [0.05, 0.1) is 25.1 Å². The number of hydrogen-bond donors (Lipinski definition) is 1. The summed E-state index contributed by atoms with van der Waals surface area (Å²) in [6.45, 7) is 7.02. The Balaban J connectivity index is 1.75. The van der Waals surface area contributed by atoms with Gasteiger partial charge in [-0.15, -0.1) is 11.3 Å². The number of nitriles is 1. The topological polar surface area (TPSA) is 82.4 Å². The van der Waals surface area contributed by atoms with Crippen LogP contribution in [0.25, 0.3) is 0 Å². The van der Waals surface area contributed by atoms with Gasteiger partial charge in [0.15, 0.2) is 0 Å². The number of amides is 2. The van der Waals surface area contributed by atoms with E-state index in [1.807, 2.05) is 26.0 Å². The Bertz CT molecular complexity index is 959. The molecule has 7 heteroatoms. The standard InChI is InChI=1S/C21H23N3O3S/c1-4-27-21(26)24-8-7-16-17(11-22)20(28-18(16)12-24)23-19(25)10-15-6-5-13(2)9-14(15)3/h5-6,9H,4,7-8,10,12H2,1-3H3,(H,23,25). The van der Waals surface area contributed by atoms with Crippen LogP contribution < -0.4 is 5.32 Å². The van der Waals surface area contributed by atoms with E-state index in [0.717, 1.165) is 27.1 Å². The van der Waals surface area contributed by atoms with Crippen molar-refractivity contribution < 1.29 is 14.3 Å². The molecule has 0 unspecified atom stereocenters. The molecule has 6 nitrogen and oxygen atoms in total. The molecule has 3 rings (SSSR count). The van der Waals surface area contributed by atoms with Gasteiger partial charge in [-0.05, 0) is 43.9 Å². The third-order valence-electron chi connectivity index (χ3n) is 4.80. The number of nitrogens with zero attached hydrogens (tertiary/aromatic N) is 2. The lowest BCUT2D eigenvalue weighted by Crippen LogP contribution is -2.35. The van der Waals surface area contributed by atoms with E-state index in [0.29, 0.717) is 36.7 Å². The highest BCUT2D eigenvalue weighted by Gasteiger charge is 2.28. The summed E-state index contributed by atoms with van der Waals surface area (Å²) in [5.41, 5.74) is 4.64. The van der Waals surface area contributed by atoms with Gasteiger partial charge in [0.25, 0.3) is 0 Å². The average molecular weight is 398 g/mol. The van der Waals surface area contributed by atoms with Gasteiger partial charge >= 0.3 is 6.09 Å². The highest BCUT2D eigenvalue weighted by atomic mass is 32.1. The van der Waals surface area contributed by atoms with E-state index in [4.69, 9.17) is 4.74 Å². The first-order valence-electron chi connectivity index (χ1n) is 9.25. The number of nitrogens with one attached hydrogen (secondary N) is 1. The highest BCUT2D eigenvalue weighted by molar-refractivity contribution is 7.16. The van der Waals surface area contributed by atoms with Crippen LogP contribution in [0.5, 0.6) is 0 Å². The van der Waals surface area contributed by atoms with Gasteiger partial charge in [0.1, 0.15) is 11.1 Å². The smallest absolute Gasteiger partial charge is 0.410 e. The summed E-state index contributed by atoms with van der Waals surface area (Å²) in [7, 11) is 0. The maximum absolute atomic E-state index is 12.6. The Morgan fingerprint density at radius 2 is 2.14 bits per heavy atom. The molecule has 28 heavy (non-hydrogen) atoms. The summed E-state index contributed by atoms with van der Waals surface area (Å²) in [5, 5.41) is 13.1. The van der Waals surface area contributed by atoms with Gasteiger partial charge in [-0.3, -0.25) is 4.79 Å². The first kappa shape index (κ1) is 19.9. The van der Waals surface area contributed by atoms with Gasteiger partial charge in [0.2, 0.25) is 5.91 Å². The van der Waals surface area contributed by atoms with Crippen molar-refractivity contribution in [2.45, 2.75) is 40.2 Å². The fourth-order valence-electron chi connectivity index (χ4n) is 3.37. The Labute approximate surface area is 168 Å². The summed E-state index contributed by atoms with van der Waals surface area (Å²) in [4.78, 5) is 27.1. The predicted molar refractivity (Wildman–Crippen MR) is 108 cm³/mol. The Morgan fingerprint density at radius 3 is 2.82 bits per heavy atom. The molecule has 146 valence electrons. The molecule has 1 N–H and O–H groups in total. The average Bonchev–Trinajstić information content (AvgIpc) is 3.00. The van der Waals surface area contributed by atoms with E-state index >= 15 is 0 Å². The summed E-state index contributed by atoms with van der Waals surface area (Å²) in [6, 6.07) is 8.23. The van der Waals surface area contributed by atoms with E-state index < -0.39 is 0 Å². The number of aryl methyl sites for hydroxylation is 2. The maximum Gasteiger partial charge on any atom is 0.410 e. The summed E-state index contributed by atoms with van der Waals surface area (Å²) in [5.74, 6) is -0.149. The fraction of sp³-hybridized carbons (Fsp3) is 0.381. The number of carbonyl (C=O) groups excluding carboxylic acids is 2. The molecular formula is C21H23N3O3S. The molecule has 1 aliphatic rings. The Morgan fingerprint density at radius 1 is 1.36 bits per heavy atom. The molecule has 2 amide bonds. The number of ether oxygens (including phenoxy) is 1. The molecular weight excluding hydrogens is 374 g/mol. The third-order valence-corrected chi connectivity index (χ3v) is 5.93. The quantitative estimate of drug-likeness (QED) is 0.847. The lowest BCUT2D eigenvalue weighted by molar-refractivity contribution is -0.115. The number of hydrogen-bond acceptors (Lipinski definition) is 5. The van der Waals surface area contributed by atoms with Crippen LogP contribution in [0.3, 0.4) is 0 Å². The second-order valence-electron chi connectivity index (χ2n) is 6.85. The maximum atomic E-state index is 12.6. The van der Waals surface area contributed by atoms with Crippen LogP contribution in [0.15, 0.2) is 18.2 Å². The number of rotatable bonds is 4. The Hall–Kier alpha value is -2.85. The van der Waals surface area contributed by atoms with Crippen molar-refractivity contribution in [3.63, 3.8) is 0 Å². The molecule has 0 radical (unpaired) electrons. The predicted octanol–water partition coefficient (Wildman–Crippen LogP) is 3.93. The largest absolute Gasteiger partial charge is 0.450 e. The van der Waals surface area contributed by atoms with Crippen molar-refractivity contribution in [1.82, 2.24) is 4.90 Å². The van der Waals surface area contributed by atoms with Crippen LogP contribution in [0, 0.1) is 25.2 Å². The van der Waals surface area contributed by atoms with Crippen LogP contribution in [0.4, 0.5) is 9.80 Å². The lowest BCUT2D eigenvalue weighted by atomic mass is 10.0. The molecule has 0 atom stereocenters. The minimum atomic E-state index is -0.347. The van der Waals surface area contributed by atoms with Crippen molar-refractivity contribution in [1.29, 1.82) is 5.26 Å². The molecule has 0 spiro atoms. The number of thiophene rings is 1. The highest BCUT2D eigenvalue weighted by Crippen LogP contribution is 2.36. The fourth-order valence-corrected chi connectivity index (χ4v) is 4.60. The Kier molecular flexibility index (Phi) is 6.00. The van der Waals surface area contributed by atoms with Crippen molar-refractivity contribution in [2.75, 3.05) is 18.5 Å². The van der Waals surface area contributed by atoms with Gasteiger partial charge in [-0.2, -0.15) is 5.26 Å². The minimum absolute atomic E-state index is 0.149. The second-order valence-corrected chi connectivity index (χ2v) is 7.95. The molecule has 1 aromatic heterocycles. The van der Waals surface area contributed by atoms with Crippen LogP contribution in [0.2, 0.25) is 0 Å². The van der Waals surface area contributed by atoms with Crippen LogP contribution >= 0.6 is 11.3 Å². The first-order valence-corrected chi connectivity index (χ1v) is 10.1. The lowest BCUT2D eigenvalue weighted by Gasteiger charge is -2.25. The summed E-state index contributed by atoms with van der Waals surface area (Å²) in [6.07, 6.45) is 0.495. The number of fused-ring (bicyclic) bond motifs is 1. The number of carbonyl (C=O) groups is 2. The van der Waals surface area contributed by atoms with E-state index in [2.05, 4.69) is 17.5 Å². The molecule has 1 aliphatic heterocycles. The molecule has 2 heterocycles. The van der Waals surface area contributed by atoms with Crippen LogP contribution in [-0.2, 0) is 28.9 Å². The monoisotopic (exact) mass is 397 g/mol. The summed E-state index contributed by atoms with van der Waals surface area (Å²) < 4.78 is 5.07. The van der Waals surface area contributed by atoms with Crippen molar-refractivity contribution in [3.8, 4) is 6.07 Å². The molecule has 2 aromatic rings. The van der Waals surface area contributed by atoms with E-state index in [1.165, 1.54) is 11.3 Å². The third kappa shape index (κ3) is 4.18. The SMILES string of the molecule is CCOC(=O)N1CCc2c(sc(NC(=O)Cc3ccc(C)cc3C)c2C#N)C1. The number of benzene rings is 1. The molecule has 0 bridgehead atoms. The zero-order valence-electron chi connectivity index (χ0n) is 16.3. The van der Waals surface area contributed by atoms with Gasteiger partial charge in [-0.1, -0.05) is 23.8 Å². The van der Waals surface area contributed by atoms with Crippen molar-refractivity contribution >= 4 is 28.3 Å². The summed E-state index contributed by atoms with van der Waals surface area (Å²) >= 11 is 1.37. The van der Waals surface area contributed by atoms with E-state index in [1.54, 1.807) is 11.8 Å². The van der Waals surface area contributed by atoms with Crippen LogP contribution in [0.1, 0.15) is 39.6 Å². The zero-order chi connectivity index (χ0) is 20.3. The molecule has 0 fully saturated rings. The van der Waals surface area contributed by atoms with Crippen molar-refractivity contribution in [3.05, 3.63) is 50.9 Å². The van der Waals surface area contributed by atoms with Crippen molar-refractivity contribution in [2.24, 2.45) is 0 Å². The molecule has 1 aromatic carbocycles. The van der Waals surface area contributed by atoms with Gasteiger partial charge < -0.3 is 15.0 Å². The zero-order valence-corrected chi connectivity index (χ0v) is 17.1. The van der Waals surface area contributed by atoms with E-state index in [-0.39, 0.29) is 18.4 Å². The normalized spacial score (nSPS) is 12.9. The molecule has 0 saturated heterocycles. The van der Waals surface area contributed by atoms with Crippen LogP contribution in [-0.4, -0.2) is 30.1 Å². The molecule has 0 saturated carbocycles. The first-order chi connectivity index (χ1) is 13.4. The van der Waals surface area contributed by atoms with E-state index in [9.17, 15) is 14.9 Å². The second kappa shape index (κ2) is 8.44.